The minimum atomic E-state index is 0.383. The van der Waals surface area contributed by atoms with E-state index in [0.717, 1.165) is 29.2 Å². The highest BCUT2D eigenvalue weighted by Crippen LogP contribution is 2.19. The molecule has 0 radical (unpaired) electrons. The summed E-state index contributed by atoms with van der Waals surface area (Å²) in [6, 6.07) is 5.75. The van der Waals surface area contributed by atoms with Crippen LogP contribution in [0.2, 0.25) is 5.02 Å². The molecule has 0 bridgehead atoms. The lowest BCUT2D eigenvalue weighted by atomic mass is 10.1. The fraction of sp³-hybridized carbons (Fsp3) is 0.462. The Labute approximate surface area is 114 Å². The van der Waals surface area contributed by atoms with Crippen molar-refractivity contribution in [3.05, 3.63) is 34.3 Å². The van der Waals surface area contributed by atoms with E-state index < -0.39 is 0 Å². The second kappa shape index (κ2) is 6.34. The highest BCUT2D eigenvalue weighted by molar-refractivity contribution is 7.80. The van der Waals surface area contributed by atoms with Gasteiger partial charge in [-0.3, -0.25) is 0 Å². The molecule has 0 aromatic heterocycles. The van der Waals surface area contributed by atoms with Crippen molar-refractivity contribution in [3.8, 4) is 0 Å². The van der Waals surface area contributed by atoms with E-state index in [1.807, 2.05) is 18.2 Å². The van der Waals surface area contributed by atoms with Gasteiger partial charge in [-0.2, -0.15) is 0 Å². The maximum absolute atomic E-state index is 6.21. The van der Waals surface area contributed by atoms with Gasteiger partial charge in [-0.1, -0.05) is 49.8 Å². The molecule has 0 heterocycles. The number of thiocarbonyl (C=S) groups is 1. The highest BCUT2D eigenvalue weighted by Gasteiger charge is 2.07. The zero-order valence-electron chi connectivity index (χ0n) is 10.5. The van der Waals surface area contributed by atoms with Crippen molar-refractivity contribution in [1.29, 1.82) is 0 Å². The van der Waals surface area contributed by atoms with E-state index in [0.29, 0.717) is 10.9 Å². The van der Waals surface area contributed by atoms with Crippen LogP contribution >= 0.6 is 23.8 Å². The third-order valence-corrected chi connectivity index (χ3v) is 3.04. The van der Waals surface area contributed by atoms with Crippen molar-refractivity contribution >= 4 is 28.8 Å². The Morgan fingerprint density at radius 3 is 2.59 bits per heavy atom. The Morgan fingerprint density at radius 2 is 2.12 bits per heavy atom. The Balaban J connectivity index is 2.75. The zero-order chi connectivity index (χ0) is 13.0. The molecular formula is C13H19ClN2S. The summed E-state index contributed by atoms with van der Waals surface area (Å²) in [6.07, 6.45) is 0. The number of nitrogens with zero attached hydrogens (tertiary/aromatic N) is 1. The molecule has 17 heavy (non-hydrogen) atoms. The molecule has 2 N–H and O–H groups in total. The lowest BCUT2D eigenvalue weighted by Gasteiger charge is -2.19. The summed E-state index contributed by atoms with van der Waals surface area (Å²) < 4.78 is 0. The van der Waals surface area contributed by atoms with E-state index in [9.17, 15) is 0 Å². The molecule has 0 saturated carbocycles. The van der Waals surface area contributed by atoms with Crippen LogP contribution in [0.3, 0.4) is 0 Å². The SMILES string of the molecule is CC(C)CN(C)Cc1ccc(C(N)=S)cc1Cl. The maximum Gasteiger partial charge on any atom is 0.104 e. The van der Waals surface area contributed by atoms with Crippen molar-refractivity contribution in [2.45, 2.75) is 20.4 Å². The van der Waals surface area contributed by atoms with Crippen LogP contribution in [-0.4, -0.2) is 23.5 Å². The van der Waals surface area contributed by atoms with Crippen LogP contribution in [0, 0.1) is 5.92 Å². The first-order valence-electron chi connectivity index (χ1n) is 5.67. The van der Waals surface area contributed by atoms with Crippen molar-refractivity contribution in [3.63, 3.8) is 0 Å². The first-order valence-corrected chi connectivity index (χ1v) is 6.45. The van der Waals surface area contributed by atoms with Gasteiger partial charge in [-0.25, -0.2) is 0 Å². The van der Waals surface area contributed by atoms with Gasteiger partial charge in [0.2, 0.25) is 0 Å². The van der Waals surface area contributed by atoms with Gasteiger partial charge >= 0.3 is 0 Å². The van der Waals surface area contributed by atoms with Crippen LogP contribution in [-0.2, 0) is 6.54 Å². The highest BCUT2D eigenvalue weighted by atomic mass is 35.5. The van der Waals surface area contributed by atoms with E-state index >= 15 is 0 Å². The molecule has 1 rings (SSSR count). The fourth-order valence-corrected chi connectivity index (χ4v) is 2.17. The lowest BCUT2D eigenvalue weighted by molar-refractivity contribution is 0.288. The number of nitrogens with two attached hydrogens (primary N) is 1. The van der Waals surface area contributed by atoms with E-state index in [2.05, 4.69) is 25.8 Å². The number of hydrogen-bond acceptors (Lipinski definition) is 2. The van der Waals surface area contributed by atoms with E-state index in [-0.39, 0.29) is 0 Å². The number of benzene rings is 1. The standard InChI is InChI=1S/C13H19ClN2S/c1-9(2)7-16(3)8-11-5-4-10(13(15)17)6-12(11)14/h4-6,9H,7-8H2,1-3H3,(H2,15,17). The van der Waals surface area contributed by atoms with Gasteiger partial charge in [0, 0.05) is 23.7 Å². The molecule has 0 fully saturated rings. The summed E-state index contributed by atoms with van der Waals surface area (Å²) in [5, 5.41) is 0.728. The van der Waals surface area contributed by atoms with Crippen LogP contribution in [0.5, 0.6) is 0 Å². The fourth-order valence-electron chi connectivity index (χ4n) is 1.81. The van der Waals surface area contributed by atoms with Crippen LogP contribution < -0.4 is 5.73 Å². The van der Waals surface area contributed by atoms with Gasteiger partial charge in [0.1, 0.15) is 4.99 Å². The smallest absolute Gasteiger partial charge is 0.104 e. The monoisotopic (exact) mass is 270 g/mol. The number of rotatable bonds is 5. The van der Waals surface area contributed by atoms with Crippen LogP contribution in [0.1, 0.15) is 25.0 Å². The maximum atomic E-state index is 6.21. The van der Waals surface area contributed by atoms with Gasteiger partial charge in [-0.15, -0.1) is 0 Å². The van der Waals surface area contributed by atoms with Crippen molar-refractivity contribution in [1.82, 2.24) is 4.90 Å². The number of halogens is 1. The molecule has 0 aliphatic carbocycles. The molecule has 4 heteroatoms. The van der Waals surface area contributed by atoms with Gasteiger partial charge in [0.15, 0.2) is 0 Å². The van der Waals surface area contributed by atoms with Crippen LogP contribution in [0.4, 0.5) is 0 Å². The lowest BCUT2D eigenvalue weighted by Crippen LogP contribution is -2.23. The molecule has 0 unspecified atom stereocenters. The molecule has 0 saturated heterocycles. The van der Waals surface area contributed by atoms with Crippen LogP contribution in [0.25, 0.3) is 0 Å². The first kappa shape index (κ1) is 14.4. The van der Waals surface area contributed by atoms with Crippen LogP contribution in [0.15, 0.2) is 18.2 Å². The van der Waals surface area contributed by atoms with E-state index in [1.165, 1.54) is 0 Å². The van der Waals surface area contributed by atoms with Gasteiger partial charge < -0.3 is 10.6 Å². The van der Waals surface area contributed by atoms with Gasteiger partial charge in [0.25, 0.3) is 0 Å². The molecule has 2 nitrogen and oxygen atoms in total. The molecule has 94 valence electrons. The van der Waals surface area contributed by atoms with Crippen molar-refractivity contribution in [2.24, 2.45) is 11.7 Å². The first-order chi connectivity index (χ1) is 7.90. The van der Waals surface area contributed by atoms with Crippen molar-refractivity contribution < 1.29 is 0 Å². The topological polar surface area (TPSA) is 29.3 Å². The largest absolute Gasteiger partial charge is 0.389 e. The quantitative estimate of drug-likeness (QED) is 0.834. The molecule has 1 aromatic rings. The Bertz CT molecular complexity index is 404. The molecular weight excluding hydrogens is 252 g/mol. The van der Waals surface area contributed by atoms with Gasteiger partial charge in [0.05, 0.1) is 0 Å². The third-order valence-electron chi connectivity index (χ3n) is 2.45. The molecule has 0 amide bonds. The predicted molar refractivity (Wildman–Crippen MR) is 78.5 cm³/mol. The molecule has 0 aliphatic rings. The molecule has 0 atom stereocenters. The summed E-state index contributed by atoms with van der Waals surface area (Å²) >= 11 is 11.1. The third kappa shape index (κ3) is 4.62. The molecule has 0 spiro atoms. The van der Waals surface area contributed by atoms with E-state index in [1.54, 1.807) is 0 Å². The minimum Gasteiger partial charge on any atom is -0.389 e. The minimum absolute atomic E-state index is 0.383. The van der Waals surface area contributed by atoms with E-state index in [4.69, 9.17) is 29.6 Å². The molecule has 0 aliphatic heterocycles. The Morgan fingerprint density at radius 1 is 1.47 bits per heavy atom. The second-order valence-corrected chi connectivity index (χ2v) is 5.61. The molecule has 1 aromatic carbocycles. The summed E-state index contributed by atoms with van der Waals surface area (Å²) in [6.45, 7) is 6.30. The summed E-state index contributed by atoms with van der Waals surface area (Å²) in [7, 11) is 2.10. The second-order valence-electron chi connectivity index (χ2n) is 4.76. The normalized spacial score (nSPS) is 11.2. The summed E-state index contributed by atoms with van der Waals surface area (Å²) in [5.41, 5.74) is 7.49. The zero-order valence-corrected chi connectivity index (χ0v) is 12.1. The Hall–Kier alpha value is -0.640. The summed E-state index contributed by atoms with van der Waals surface area (Å²) in [5.74, 6) is 0.648. The van der Waals surface area contributed by atoms with Crippen molar-refractivity contribution in [2.75, 3.05) is 13.6 Å². The average Bonchev–Trinajstić information content (AvgIpc) is 2.19. The van der Waals surface area contributed by atoms with Gasteiger partial charge in [-0.05, 0) is 24.6 Å². The summed E-state index contributed by atoms with van der Waals surface area (Å²) in [4.78, 5) is 2.64. The number of hydrogen-bond donors (Lipinski definition) is 1. The average molecular weight is 271 g/mol. The Kier molecular flexibility index (Phi) is 5.37. The predicted octanol–water partition coefficient (Wildman–Crippen LogP) is 3.06.